The van der Waals surface area contributed by atoms with Crippen molar-refractivity contribution in [1.29, 1.82) is 5.26 Å². The molecule has 12 heavy (non-hydrogen) atoms. The summed E-state index contributed by atoms with van der Waals surface area (Å²) in [4.78, 5) is 0. The number of nitrogens with zero attached hydrogens (tertiary/aromatic N) is 1. The Hall–Kier alpha value is -1.62. The Balaban J connectivity index is 3.13. The summed E-state index contributed by atoms with van der Waals surface area (Å²) < 4.78 is 13.0. The number of hydrogen-bond acceptors (Lipinski definition) is 1. The first-order chi connectivity index (χ1) is 5.75. The van der Waals surface area contributed by atoms with Crippen LogP contribution < -0.4 is 0 Å². The third-order valence-electron chi connectivity index (χ3n) is 1.58. The van der Waals surface area contributed by atoms with E-state index in [1.54, 1.807) is 25.1 Å². The molecule has 60 valence electrons. The number of nitriles is 1. The molecule has 0 heterocycles. The molecular formula is C10H8FN. The van der Waals surface area contributed by atoms with Crippen LogP contribution in [0.25, 0.3) is 5.57 Å². The molecule has 0 spiro atoms. The Morgan fingerprint density at radius 3 is 2.75 bits per heavy atom. The third-order valence-corrected chi connectivity index (χ3v) is 1.58. The van der Waals surface area contributed by atoms with Gasteiger partial charge in [-0.25, -0.2) is 4.39 Å². The number of halogens is 1. The monoisotopic (exact) mass is 161 g/mol. The fraction of sp³-hybridized carbons (Fsp3) is 0.100. The lowest BCUT2D eigenvalue weighted by Gasteiger charge is -1.99. The molecule has 0 aromatic heterocycles. The van der Waals surface area contributed by atoms with E-state index in [4.69, 9.17) is 5.26 Å². The van der Waals surface area contributed by atoms with Crippen molar-refractivity contribution in [3.05, 3.63) is 41.7 Å². The van der Waals surface area contributed by atoms with Crippen molar-refractivity contribution in [2.45, 2.75) is 6.92 Å². The van der Waals surface area contributed by atoms with Gasteiger partial charge in [-0.3, -0.25) is 0 Å². The van der Waals surface area contributed by atoms with Gasteiger partial charge in [-0.15, -0.1) is 0 Å². The molecular weight excluding hydrogens is 153 g/mol. The molecule has 1 aromatic carbocycles. The van der Waals surface area contributed by atoms with Gasteiger partial charge in [0, 0.05) is 11.6 Å². The zero-order chi connectivity index (χ0) is 8.97. The van der Waals surface area contributed by atoms with Crippen molar-refractivity contribution in [2.75, 3.05) is 0 Å². The van der Waals surface area contributed by atoms with Crippen molar-refractivity contribution in [3.63, 3.8) is 0 Å². The maximum atomic E-state index is 13.0. The lowest BCUT2D eigenvalue weighted by molar-refractivity contribution is 0.624. The van der Waals surface area contributed by atoms with Gasteiger partial charge in [0.05, 0.1) is 6.07 Å². The summed E-state index contributed by atoms with van der Waals surface area (Å²) in [5.74, 6) is -0.290. The third kappa shape index (κ3) is 1.70. The lowest BCUT2D eigenvalue weighted by atomic mass is 10.1. The topological polar surface area (TPSA) is 23.8 Å². The second-order valence-electron chi connectivity index (χ2n) is 2.44. The van der Waals surface area contributed by atoms with Crippen molar-refractivity contribution >= 4 is 5.57 Å². The normalized spacial score (nSPS) is 10.9. The fourth-order valence-corrected chi connectivity index (χ4v) is 0.956. The van der Waals surface area contributed by atoms with E-state index >= 15 is 0 Å². The van der Waals surface area contributed by atoms with E-state index in [1.165, 1.54) is 12.1 Å². The van der Waals surface area contributed by atoms with Gasteiger partial charge in [0.1, 0.15) is 5.82 Å². The highest BCUT2D eigenvalue weighted by Gasteiger charge is 2.00. The Bertz CT molecular complexity index is 347. The first kappa shape index (κ1) is 8.48. The Kier molecular flexibility index (Phi) is 2.60. The van der Waals surface area contributed by atoms with E-state index in [2.05, 4.69) is 0 Å². The summed E-state index contributed by atoms with van der Waals surface area (Å²) >= 11 is 0. The summed E-state index contributed by atoms with van der Waals surface area (Å²) in [5.41, 5.74) is 1.13. The van der Waals surface area contributed by atoms with Crippen LogP contribution in [0.1, 0.15) is 12.5 Å². The van der Waals surface area contributed by atoms with Crippen LogP contribution in [0.4, 0.5) is 4.39 Å². The minimum absolute atomic E-state index is 0.290. The second-order valence-corrected chi connectivity index (χ2v) is 2.44. The lowest BCUT2D eigenvalue weighted by Crippen LogP contribution is -1.84. The first-order valence-corrected chi connectivity index (χ1v) is 3.57. The second kappa shape index (κ2) is 3.68. The minimum atomic E-state index is -0.290. The molecule has 0 N–H and O–H groups in total. The molecule has 0 unspecified atom stereocenters. The average Bonchev–Trinajstić information content (AvgIpc) is 2.05. The molecule has 0 saturated carbocycles. The number of rotatable bonds is 1. The minimum Gasteiger partial charge on any atom is -0.206 e. The fourth-order valence-electron chi connectivity index (χ4n) is 0.956. The van der Waals surface area contributed by atoms with Gasteiger partial charge in [-0.2, -0.15) is 5.26 Å². The molecule has 0 aliphatic heterocycles. The molecule has 0 amide bonds. The van der Waals surface area contributed by atoms with E-state index in [9.17, 15) is 4.39 Å². The highest BCUT2D eigenvalue weighted by atomic mass is 19.1. The number of benzene rings is 1. The standard InChI is InChI=1S/C10H8FN/c1-8(6-7-12)9-4-2-3-5-10(9)11/h2-6H,1H3. The van der Waals surface area contributed by atoms with Crippen LogP contribution >= 0.6 is 0 Å². The van der Waals surface area contributed by atoms with Gasteiger partial charge >= 0.3 is 0 Å². The van der Waals surface area contributed by atoms with Crippen LogP contribution in [0.5, 0.6) is 0 Å². The van der Waals surface area contributed by atoms with Crippen molar-refractivity contribution in [3.8, 4) is 6.07 Å². The average molecular weight is 161 g/mol. The Morgan fingerprint density at radius 1 is 1.50 bits per heavy atom. The summed E-state index contributed by atoms with van der Waals surface area (Å²) in [6, 6.07) is 8.26. The molecule has 0 bridgehead atoms. The SMILES string of the molecule is CC(=CC#N)c1ccccc1F. The highest BCUT2D eigenvalue weighted by Crippen LogP contribution is 2.16. The van der Waals surface area contributed by atoms with E-state index in [-0.39, 0.29) is 5.82 Å². The van der Waals surface area contributed by atoms with Crippen LogP contribution in [0.15, 0.2) is 30.3 Å². The largest absolute Gasteiger partial charge is 0.206 e. The Labute approximate surface area is 70.8 Å². The maximum absolute atomic E-state index is 13.0. The van der Waals surface area contributed by atoms with Crippen molar-refractivity contribution < 1.29 is 4.39 Å². The van der Waals surface area contributed by atoms with E-state index < -0.39 is 0 Å². The predicted octanol–water partition coefficient (Wildman–Crippen LogP) is 2.75. The molecule has 0 aliphatic carbocycles. The number of allylic oxidation sites excluding steroid dienone is 2. The summed E-state index contributed by atoms with van der Waals surface area (Å²) in [7, 11) is 0. The smallest absolute Gasteiger partial charge is 0.130 e. The van der Waals surface area contributed by atoms with Crippen LogP contribution in [0, 0.1) is 17.1 Å². The zero-order valence-electron chi connectivity index (χ0n) is 6.71. The zero-order valence-corrected chi connectivity index (χ0v) is 6.71. The van der Waals surface area contributed by atoms with E-state index in [0.29, 0.717) is 11.1 Å². The van der Waals surface area contributed by atoms with Gasteiger partial charge in [0.25, 0.3) is 0 Å². The quantitative estimate of drug-likeness (QED) is 0.581. The van der Waals surface area contributed by atoms with Crippen molar-refractivity contribution in [2.24, 2.45) is 0 Å². The molecule has 0 aliphatic rings. The molecule has 0 radical (unpaired) electrons. The van der Waals surface area contributed by atoms with Gasteiger partial charge in [-0.05, 0) is 18.6 Å². The molecule has 1 rings (SSSR count). The first-order valence-electron chi connectivity index (χ1n) is 3.57. The highest BCUT2D eigenvalue weighted by molar-refractivity contribution is 5.65. The van der Waals surface area contributed by atoms with E-state index in [0.717, 1.165) is 0 Å². The van der Waals surface area contributed by atoms with Crippen LogP contribution in [-0.4, -0.2) is 0 Å². The summed E-state index contributed by atoms with van der Waals surface area (Å²) in [6.07, 6.45) is 1.33. The molecule has 1 aromatic rings. The number of hydrogen-bond donors (Lipinski definition) is 0. The molecule has 2 heteroatoms. The van der Waals surface area contributed by atoms with Gasteiger partial charge in [0.15, 0.2) is 0 Å². The predicted molar refractivity (Wildman–Crippen MR) is 45.7 cm³/mol. The maximum Gasteiger partial charge on any atom is 0.130 e. The summed E-state index contributed by atoms with van der Waals surface area (Å²) in [6.45, 7) is 1.71. The molecule has 0 fully saturated rings. The molecule has 1 nitrogen and oxygen atoms in total. The van der Waals surface area contributed by atoms with Crippen LogP contribution in [-0.2, 0) is 0 Å². The van der Waals surface area contributed by atoms with Gasteiger partial charge in [-0.1, -0.05) is 18.2 Å². The van der Waals surface area contributed by atoms with Gasteiger partial charge < -0.3 is 0 Å². The van der Waals surface area contributed by atoms with Gasteiger partial charge in [0.2, 0.25) is 0 Å². The Morgan fingerprint density at radius 2 is 2.17 bits per heavy atom. The van der Waals surface area contributed by atoms with Crippen LogP contribution in [0.3, 0.4) is 0 Å². The summed E-state index contributed by atoms with van der Waals surface area (Å²) in [5, 5.41) is 8.34. The van der Waals surface area contributed by atoms with Crippen molar-refractivity contribution in [1.82, 2.24) is 0 Å². The van der Waals surface area contributed by atoms with E-state index in [1.807, 2.05) is 6.07 Å². The molecule has 0 atom stereocenters. The molecule has 0 saturated heterocycles. The van der Waals surface area contributed by atoms with Crippen LogP contribution in [0.2, 0.25) is 0 Å².